The number of rotatable bonds is 44. The Balaban J connectivity index is 4.30. The Labute approximate surface area is 364 Å². The number of hydrogen-bond acceptors (Lipinski definition) is 6. The summed E-state index contributed by atoms with van der Waals surface area (Å²) in [6, 6.07) is -0.617. The fraction of sp³-hybridized carbons (Fsp3) is 0.824. The lowest BCUT2D eigenvalue weighted by molar-refractivity contribution is -0.887. The zero-order chi connectivity index (χ0) is 43.5. The van der Waals surface area contributed by atoms with Crippen molar-refractivity contribution in [3.8, 4) is 0 Å². The Morgan fingerprint density at radius 2 is 0.898 bits per heavy atom. The number of esters is 2. The van der Waals surface area contributed by atoms with Gasteiger partial charge in [-0.3, -0.25) is 9.59 Å². The van der Waals surface area contributed by atoms with Crippen molar-refractivity contribution in [1.29, 1.82) is 0 Å². The number of unbranched alkanes of at least 4 members (excludes halogenated alkanes) is 24. The summed E-state index contributed by atoms with van der Waals surface area (Å²) in [7, 11) is 5.53. The summed E-state index contributed by atoms with van der Waals surface area (Å²) in [5.74, 6) is -1.48. The molecule has 0 rings (SSSR count). The summed E-state index contributed by atoms with van der Waals surface area (Å²) >= 11 is 0. The van der Waals surface area contributed by atoms with E-state index in [1.807, 2.05) is 21.1 Å². The van der Waals surface area contributed by atoms with E-state index in [2.05, 4.69) is 50.3 Å². The molecule has 0 aromatic carbocycles. The smallest absolute Gasteiger partial charge is 0.362 e. The Kier molecular flexibility index (Phi) is 40.5. The first kappa shape index (κ1) is 56.5. The van der Waals surface area contributed by atoms with Gasteiger partial charge in [-0.05, 0) is 70.6 Å². The zero-order valence-corrected chi connectivity index (χ0v) is 39.2. The third kappa shape index (κ3) is 40.7. The van der Waals surface area contributed by atoms with Gasteiger partial charge in [0.15, 0.2) is 12.1 Å². The second-order valence-electron chi connectivity index (χ2n) is 17.7. The number of carbonyl (C=O) groups excluding carboxylic acids is 2. The number of ether oxygens (including phenoxy) is 3. The van der Waals surface area contributed by atoms with Gasteiger partial charge in [-0.1, -0.05) is 166 Å². The molecular weight excluding hydrogens is 739 g/mol. The van der Waals surface area contributed by atoms with Gasteiger partial charge in [0, 0.05) is 19.3 Å². The van der Waals surface area contributed by atoms with Gasteiger partial charge in [0.25, 0.3) is 0 Å². The molecule has 8 nitrogen and oxygen atoms in total. The molecule has 0 aliphatic rings. The van der Waals surface area contributed by atoms with E-state index in [1.165, 1.54) is 122 Å². The first-order chi connectivity index (χ1) is 28.6. The highest BCUT2D eigenvalue weighted by Gasteiger charge is 2.31. The quantitative estimate of drug-likeness (QED) is 0.0282. The number of quaternary nitrogens is 1. The van der Waals surface area contributed by atoms with Gasteiger partial charge < -0.3 is 23.8 Å². The van der Waals surface area contributed by atoms with E-state index in [1.54, 1.807) is 0 Å². The third-order valence-electron chi connectivity index (χ3n) is 11.0. The lowest BCUT2D eigenvalue weighted by atomic mass is 10.1. The van der Waals surface area contributed by atoms with Crippen molar-refractivity contribution in [2.75, 3.05) is 41.0 Å². The van der Waals surface area contributed by atoms with Crippen LogP contribution in [0.3, 0.4) is 0 Å². The van der Waals surface area contributed by atoms with Crippen LogP contribution in [-0.2, 0) is 28.6 Å². The topological polar surface area (TPSA) is 99.1 Å². The molecule has 8 heteroatoms. The molecule has 0 aliphatic heterocycles. The summed E-state index contributed by atoms with van der Waals surface area (Å²) in [6.07, 6.45) is 49.0. The van der Waals surface area contributed by atoms with E-state index in [9.17, 15) is 19.5 Å². The Bertz CT molecular complexity index is 1060. The Morgan fingerprint density at radius 3 is 1.36 bits per heavy atom. The number of carboxylic acid groups (broad SMARTS) is 1. The van der Waals surface area contributed by atoms with Crippen molar-refractivity contribution < 1.29 is 38.2 Å². The number of allylic oxidation sites excluding steroid dienone is 6. The molecule has 0 bridgehead atoms. The van der Waals surface area contributed by atoms with Gasteiger partial charge in [-0.15, -0.1) is 0 Å². The molecule has 2 unspecified atom stereocenters. The molecule has 2 atom stereocenters. The minimum Gasteiger partial charge on any atom is -0.477 e. The maximum atomic E-state index is 12.8. The van der Waals surface area contributed by atoms with Crippen LogP contribution in [0.5, 0.6) is 0 Å². The predicted molar refractivity (Wildman–Crippen MR) is 248 cm³/mol. The summed E-state index contributed by atoms with van der Waals surface area (Å²) in [5.41, 5.74) is 0. The lowest BCUT2D eigenvalue weighted by Gasteiger charge is -2.31. The number of nitrogens with zero attached hydrogens (tertiary/aromatic N) is 1. The molecule has 0 aromatic rings. The summed E-state index contributed by atoms with van der Waals surface area (Å²) in [4.78, 5) is 37.1. The molecule has 0 saturated heterocycles. The zero-order valence-electron chi connectivity index (χ0n) is 39.2. The van der Waals surface area contributed by atoms with Crippen molar-refractivity contribution in [2.45, 2.75) is 231 Å². The monoisotopic (exact) mass is 833 g/mol. The Hall–Kier alpha value is -2.45. The van der Waals surface area contributed by atoms with Crippen LogP contribution in [0.2, 0.25) is 0 Å². The molecule has 0 radical (unpaired) electrons. The van der Waals surface area contributed by atoms with Crippen molar-refractivity contribution in [3.63, 3.8) is 0 Å². The van der Waals surface area contributed by atoms with Crippen LogP contribution in [0.15, 0.2) is 36.5 Å². The fourth-order valence-corrected chi connectivity index (χ4v) is 7.18. The first-order valence-electron chi connectivity index (χ1n) is 24.5. The molecule has 0 heterocycles. The molecule has 0 spiro atoms. The van der Waals surface area contributed by atoms with Gasteiger partial charge in [0.1, 0.15) is 6.61 Å². The molecule has 0 aliphatic carbocycles. The number of hydrogen-bond donors (Lipinski definition) is 1. The average molecular weight is 833 g/mol. The molecule has 344 valence electrons. The van der Waals surface area contributed by atoms with E-state index in [0.29, 0.717) is 19.3 Å². The van der Waals surface area contributed by atoms with Gasteiger partial charge >= 0.3 is 17.9 Å². The van der Waals surface area contributed by atoms with Gasteiger partial charge in [0.2, 0.25) is 0 Å². The van der Waals surface area contributed by atoms with Crippen LogP contribution in [0.1, 0.15) is 219 Å². The minimum absolute atomic E-state index is 0.0567. The second kappa shape index (κ2) is 42.2. The maximum Gasteiger partial charge on any atom is 0.362 e. The van der Waals surface area contributed by atoms with Crippen LogP contribution in [0.25, 0.3) is 0 Å². The maximum absolute atomic E-state index is 12.8. The third-order valence-corrected chi connectivity index (χ3v) is 11.0. The molecule has 0 fully saturated rings. The number of carbonyl (C=O) groups is 3. The van der Waals surface area contributed by atoms with E-state index >= 15 is 0 Å². The van der Waals surface area contributed by atoms with Crippen molar-refractivity contribution in [2.24, 2.45) is 0 Å². The van der Waals surface area contributed by atoms with E-state index in [0.717, 1.165) is 64.2 Å². The fourth-order valence-electron chi connectivity index (χ4n) is 7.18. The SMILES string of the molecule is CCCCC/C=C/C/C=C/CCCCCCCCCC(=O)OCC(COCCC(C(=O)O)[N+](C)(C)C)OC(=O)CCCCCCC/C=C/CCCCCCCCCCC. The summed E-state index contributed by atoms with van der Waals surface area (Å²) in [6.45, 7) is 4.71. The van der Waals surface area contributed by atoms with Gasteiger partial charge in [-0.25, -0.2) is 4.79 Å². The number of carboxylic acids is 1. The molecule has 59 heavy (non-hydrogen) atoms. The van der Waals surface area contributed by atoms with Crippen LogP contribution >= 0.6 is 0 Å². The standard InChI is InChI=1S/C51H93NO7/c1-6-8-10-12-14-16-18-20-22-24-26-28-30-32-34-36-38-40-42-50(54)59-47(45-57-44-43-48(51(55)56)52(3,4)5)46-58-49(53)41-39-37-35-33-31-29-27-25-23-21-19-17-15-13-11-9-7-2/h15,17,21,23,26,28,47-48H,6-14,16,18-20,22,24-25,27,29-46H2,1-5H3/p+1/b17-15+,23-21+,28-26+. The van der Waals surface area contributed by atoms with Crippen molar-refractivity contribution in [1.82, 2.24) is 0 Å². The van der Waals surface area contributed by atoms with E-state index in [-0.39, 0.29) is 36.2 Å². The van der Waals surface area contributed by atoms with Crippen molar-refractivity contribution in [3.05, 3.63) is 36.5 Å². The highest BCUT2D eigenvalue weighted by atomic mass is 16.6. The average Bonchev–Trinajstić information content (AvgIpc) is 3.19. The van der Waals surface area contributed by atoms with Crippen LogP contribution in [0.4, 0.5) is 0 Å². The summed E-state index contributed by atoms with van der Waals surface area (Å²) < 4.78 is 17.3. The largest absolute Gasteiger partial charge is 0.477 e. The predicted octanol–water partition coefficient (Wildman–Crippen LogP) is 13.8. The molecule has 1 N–H and O–H groups in total. The number of likely N-dealkylation sites (N-methyl/N-ethyl adjacent to an activating group) is 1. The normalized spacial score (nSPS) is 13.2. The second-order valence-corrected chi connectivity index (χ2v) is 17.7. The Morgan fingerprint density at radius 1 is 0.508 bits per heavy atom. The van der Waals surface area contributed by atoms with Crippen LogP contribution < -0.4 is 0 Å². The van der Waals surface area contributed by atoms with Crippen molar-refractivity contribution >= 4 is 17.9 Å². The highest BCUT2D eigenvalue weighted by Crippen LogP contribution is 2.15. The summed E-state index contributed by atoms with van der Waals surface area (Å²) in [5, 5.41) is 9.64. The molecule has 0 saturated carbocycles. The first-order valence-corrected chi connectivity index (χ1v) is 24.5. The van der Waals surface area contributed by atoms with E-state index in [4.69, 9.17) is 14.2 Å². The minimum atomic E-state index is -0.876. The number of aliphatic carboxylic acids is 1. The highest BCUT2D eigenvalue weighted by molar-refractivity contribution is 5.72. The molecular formula is C51H94NO7+. The molecule has 0 amide bonds. The van der Waals surface area contributed by atoms with Gasteiger partial charge in [-0.2, -0.15) is 0 Å². The van der Waals surface area contributed by atoms with Crippen LogP contribution in [0, 0.1) is 0 Å². The lowest BCUT2D eigenvalue weighted by Crippen LogP contribution is -2.50. The van der Waals surface area contributed by atoms with Crippen LogP contribution in [-0.4, -0.2) is 80.6 Å². The molecule has 0 aromatic heterocycles. The van der Waals surface area contributed by atoms with E-state index < -0.39 is 18.1 Å². The van der Waals surface area contributed by atoms with Gasteiger partial charge in [0.05, 0.1) is 34.4 Å².